The first-order valence-electron chi connectivity index (χ1n) is 14.4. The minimum Gasteiger partial charge on any atom is -0.478 e. The molecule has 1 aliphatic rings. The molecule has 0 unspecified atom stereocenters. The maximum absolute atomic E-state index is 13.4. The van der Waals surface area contributed by atoms with Crippen molar-refractivity contribution in [1.29, 1.82) is 0 Å². The highest BCUT2D eigenvalue weighted by molar-refractivity contribution is 5.87. The molecule has 4 aromatic rings. The zero-order chi connectivity index (χ0) is 29.6. The summed E-state index contributed by atoms with van der Waals surface area (Å²) in [6.45, 7) is 6.77. The van der Waals surface area contributed by atoms with Crippen LogP contribution in [0, 0.1) is 11.6 Å². The van der Waals surface area contributed by atoms with Gasteiger partial charge in [0.1, 0.15) is 17.7 Å². The summed E-state index contributed by atoms with van der Waals surface area (Å²) in [6.07, 6.45) is 1.97. The number of carbonyl (C=O) groups is 1. The molecule has 0 atom stereocenters. The van der Waals surface area contributed by atoms with E-state index in [0.717, 1.165) is 56.8 Å². The highest BCUT2D eigenvalue weighted by atomic mass is 19.1. The van der Waals surface area contributed by atoms with Crippen LogP contribution in [-0.2, 0) is 11.2 Å². The van der Waals surface area contributed by atoms with Gasteiger partial charge in [0.05, 0.1) is 12.2 Å². The van der Waals surface area contributed by atoms with Gasteiger partial charge in [-0.05, 0) is 72.5 Å². The fraction of sp³-hybridized carbons (Fsp3) is 0.286. The number of carboxylic acids is 1. The lowest BCUT2D eigenvalue weighted by atomic mass is 10.0. The van der Waals surface area contributed by atoms with Crippen molar-refractivity contribution in [1.82, 2.24) is 9.80 Å². The minimum atomic E-state index is -0.879. The van der Waals surface area contributed by atoms with E-state index < -0.39 is 5.97 Å². The van der Waals surface area contributed by atoms with Crippen LogP contribution in [-0.4, -0.2) is 66.8 Å². The molecule has 1 heterocycles. The molecule has 42 heavy (non-hydrogen) atoms. The molecule has 0 bridgehead atoms. The number of hydrogen-bond donors (Lipinski definition) is 1. The van der Waals surface area contributed by atoms with Crippen LogP contribution in [0.25, 0.3) is 0 Å². The van der Waals surface area contributed by atoms with Crippen LogP contribution in [0.2, 0.25) is 0 Å². The molecule has 0 saturated carbocycles. The lowest BCUT2D eigenvalue weighted by Crippen LogP contribution is -2.47. The molecule has 1 aliphatic heterocycles. The van der Waals surface area contributed by atoms with Gasteiger partial charge in [-0.2, -0.15) is 0 Å². The zero-order valence-corrected chi connectivity index (χ0v) is 23.7. The van der Waals surface area contributed by atoms with E-state index in [2.05, 4.69) is 40.1 Å². The predicted octanol–water partition coefficient (Wildman–Crippen LogP) is 6.71. The molecule has 0 radical (unpaired) electrons. The summed E-state index contributed by atoms with van der Waals surface area (Å²) in [5.41, 5.74) is 3.47. The number of benzene rings is 4. The zero-order valence-electron chi connectivity index (χ0n) is 23.7. The summed E-state index contributed by atoms with van der Waals surface area (Å²) in [5, 5.41) is 8.38. The monoisotopic (exact) mass is 572 g/mol. The van der Waals surface area contributed by atoms with E-state index in [9.17, 15) is 13.6 Å². The van der Waals surface area contributed by atoms with Gasteiger partial charge < -0.3 is 14.7 Å². The average Bonchev–Trinajstić information content (AvgIpc) is 3.02. The number of carboxylic acid groups (broad SMARTS) is 1. The third kappa shape index (κ3) is 10.2. The van der Waals surface area contributed by atoms with Crippen LogP contribution in [0.4, 0.5) is 8.78 Å². The molecule has 1 fully saturated rings. The van der Waals surface area contributed by atoms with Crippen molar-refractivity contribution < 1.29 is 23.4 Å². The molecule has 220 valence electrons. The number of nitrogens with zero attached hydrogens (tertiary/aromatic N) is 2. The normalized spacial score (nSPS) is 13.9. The lowest BCUT2D eigenvalue weighted by molar-refractivity contribution is 0.0451. The Labute approximate surface area is 247 Å². The van der Waals surface area contributed by atoms with Gasteiger partial charge in [0.25, 0.3) is 0 Å². The second kappa shape index (κ2) is 16.5. The smallest absolute Gasteiger partial charge is 0.335 e. The van der Waals surface area contributed by atoms with Crippen molar-refractivity contribution in [2.45, 2.75) is 18.9 Å². The van der Waals surface area contributed by atoms with Crippen molar-refractivity contribution in [3.8, 4) is 0 Å². The molecule has 5 nitrogen and oxygen atoms in total. The summed E-state index contributed by atoms with van der Waals surface area (Å²) in [4.78, 5) is 15.2. The van der Waals surface area contributed by atoms with Gasteiger partial charge in [-0.3, -0.25) is 4.90 Å². The first-order chi connectivity index (χ1) is 20.5. The van der Waals surface area contributed by atoms with Gasteiger partial charge in [0, 0.05) is 32.7 Å². The Kier molecular flexibility index (Phi) is 12.2. The summed E-state index contributed by atoms with van der Waals surface area (Å²) in [5.74, 6) is -1.44. The minimum absolute atomic E-state index is 0.279. The Balaban J connectivity index is 0.000000385. The van der Waals surface area contributed by atoms with Gasteiger partial charge in [-0.1, -0.05) is 72.8 Å². The molecule has 0 aliphatic carbocycles. The highest BCUT2D eigenvalue weighted by Crippen LogP contribution is 2.26. The molecule has 1 N–H and O–H groups in total. The van der Waals surface area contributed by atoms with Crippen LogP contribution in [0.15, 0.2) is 109 Å². The Morgan fingerprint density at radius 3 is 1.64 bits per heavy atom. The molecular weight excluding hydrogens is 534 g/mol. The van der Waals surface area contributed by atoms with E-state index in [0.29, 0.717) is 12.2 Å². The van der Waals surface area contributed by atoms with Crippen LogP contribution < -0.4 is 0 Å². The molecule has 0 amide bonds. The van der Waals surface area contributed by atoms with Crippen molar-refractivity contribution in [3.63, 3.8) is 0 Å². The van der Waals surface area contributed by atoms with Crippen molar-refractivity contribution in [3.05, 3.63) is 143 Å². The SMILES string of the molecule is Fc1ccc(C(OCCN2CCN(CCCc3ccccc3)CC2)c2ccc(F)cc2)cc1.O=C(O)c1ccccc1. The fourth-order valence-electron chi connectivity index (χ4n) is 4.93. The van der Waals surface area contributed by atoms with E-state index in [1.54, 1.807) is 54.6 Å². The van der Waals surface area contributed by atoms with Gasteiger partial charge in [-0.15, -0.1) is 0 Å². The maximum Gasteiger partial charge on any atom is 0.335 e. The number of aryl methyl sites for hydroxylation is 1. The molecule has 5 rings (SSSR count). The topological polar surface area (TPSA) is 53.0 Å². The third-order valence-corrected chi connectivity index (χ3v) is 7.31. The number of rotatable bonds is 11. The second-order valence-electron chi connectivity index (χ2n) is 10.3. The highest BCUT2D eigenvalue weighted by Gasteiger charge is 2.19. The predicted molar refractivity (Wildman–Crippen MR) is 162 cm³/mol. The molecule has 0 aromatic heterocycles. The average molecular weight is 573 g/mol. The van der Waals surface area contributed by atoms with Crippen molar-refractivity contribution in [2.75, 3.05) is 45.9 Å². The van der Waals surface area contributed by atoms with Crippen molar-refractivity contribution >= 4 is 5.97 Å². The lowest BCUT2D eigenvalue weighted by Gasteiger charge is -2.35. The number of hydrogen-bond acceptors (Lipinski definition) is 4. The fourth-order valence-corrected chi connectivity index (χ4v) is 4.93. The molecule has 7 heteroatoms. The Hall–Kier alpha value is -3.91. The van der Waals surface area contributed by atoms with Crippen LogP contribution in [0.1, 0.15) is 39.6 Å². The molecular formula is C35H38F2N2O3. The summed E-state index contributed by atoms with van der Waals surface area (Å²) in [7, 11) is 0. The van der Waals surface area contributed by atoms with Crippen LogP contribution >= 0.6 is 0 Å². The quantitative estimate of drug-likeness (QED) is 0.217. The van der Waals surface area contributed by atoms with Gasteiger partial charge >= 0.3 is 5.97 Å². The molecule has 4 aromatic carbocycles. The van der Waals surface area contributed by atoms with Gasteiger partial charge in [0.15, 0.2) is 0 Å². The first kappa shape index (κ1) is 31.0. The van der Waals surface area contributed by atoms with Crippen molar-refractivity contribution in [2.24, 2.45) is 0 Å². The number of aromatic carboxylic acids is 1. The Morgan fingerprint density at radius 2 is 1.17 bits per heavy atom. The third-order valence-electron chi connectivity index (χ3n) is 7.31. The van der Waals surface area contributed by atoms with E-state index >= 15 is 0 Å². The first-order valence-corrected chi connectivity index (χ1v) is 14.4. The van der Waals surface area contributed by atoms with E-state index in [4.69, 9.17) is 9.84 Å². The maximum atomic E-state index is 13.4. The Bertz CT molecular complexity index is 1280. The van der Waals surface area contributed by atoms with E-state index in [1.807, 2.05) is 0 Å². The standard InChI is InChI=1S/C28H32F2N2O.C7H6O2/c29-26-12-8-24(9-13-26)28(25-10-14-27(30)15-11-25)33-22-21-32-19-17-31(18-20-32)16-4-7-23-5-2-1-3-6-23;8-7(9)6-4-2-1-3-5-6/h1-3,5-6,8-15,28H,4,7,16-22H2;1-5H,(H,8,9). The summed E-state index contributed by atoms with van der Waals surface area (Å²) < 4.78 is 33.0. The van der Waals surface area contributed by atoms with Crippen LogP contribution in [0.5, 0.6) is 0 Å². The largest absolute Gasteiger partial charge is 0.478 e. The van der Waals surface area contributed by atoms with Gasteiger partial charge in [0.2, 0.25) is 0 Å². The Morgan fingerprint density at radius 1 is 0.690 bits per heavy atom. The number of piperazine rings is 1. The van der Waals surface area contributed by atoms with E-state index in [-0.39, 0.29) is 17.7 Å². The van der Waals surface area contributed by atoms with Crippen LogP contribution in [0.3, 0.4) is 0 Å². The summed E-state index contributed by atoms with van der Waals surface area (Å²) in [6, 6.07) is 31.6. The molecule has 1 saturated heterocycles. The molecule has 0 spiro atoms. The van der Waals surface area contributed by atoms with Gasteiger partial charge in [-0.25, -0.2) is 13.6 Å². The number of ether oxygens (including phenoxy) is 1. The summed E-state index contributed by atoms with van der Waals surface area (Å²) >= 11 is 0. The second-order valence-corrected chi connectivity index (χ2v) is 10.3. The number of halogens is 2. The van der Waals surface area contributed by atoms with E-state index in [1.165, 1.54) is 36.2 Å².